The average molecular weight is 445 g/mol. The number of hydrogen-bond donors (Lipinski definition) is 1. The van der Waals surface area contributed by atoms with Crippen LogP contribution < -0.4 is 9.47 Å². The predicted octanol–water partition coefficient (Wildman–Crippen LogP) is 4.62. The number of carbonyl (C=O) groups is 1. The summed E-state index contributed by atoms with van der Waals surface area (Å²) in [4.78, 5) is 14.6. The number of fused-ring (bicyclic) bond motifs is 2. The van der Waals surface area contributed by atoms with Crippen molar-refractivity contribution < 1.29 is 23.9 Å². The molecular weight excluding hydrogens is 420 g/mol. The highest BCUT2D eigenvalue weighted by molar-refractivity contribution is 6.31. The van der Waals surface area contributed by atoms with Crippen molar-refractivity contribution in [3.8, 4) is 11.6 Å². The fourth-order valence-corrected chi connectivity index (χ4v) is 3.95. The Balaban J connectivity index is 1.76. The van der Waals surface area contributed by atoms with Crippen molar-refractivity contribution >= 4 is 28.5 Å². The third kappa shape index (κ3) is 3.83. The fourth-order valence-electron chi connectivity index (χ4n) is 3.79. The first-order chi connectivity index (χ1) is 14.7. The largest absolute Gasteiger partial charge is 0.485 e. The van der Waals surface area contributed by atoms with Crippen LogP contribution in [0.15, 0.2) is 40.9 Å². The van der Waals surface area contributed by atoms with Crippen molar-refractivity contribution in [1.82, 2.24) is 10.1 Å². The van der Waals surface area contributed by atoms with Crippen molar-refractivity contribution in [1.29, 1.82) is 0 Å². The molecule has 0 unspecified atom stereocenters. The molecule has 0 saturated heterocycles. The molecule has 1 aromatic heterocycles. The van der Waals surface area contributed by atoms with Gasteiger partial charge < -0.3 is 24.0 Å². The minimum Gasteiger partial charge on any atom is -0.485 e. The summed E-state index contributed by atoms with van der Waals surface area (Å²) >= 11 is 6.02. The molecule has 0 fully saturated rings. The summed E-state index contributed by atoms with van der Waals surface area (Å²) in [5, 5.41) is 16.2. The van der Waals surface area contributed by atoms with E-state index >= 15 is 0 Å². The third-order valence-electron chi connectivity index (χ3n) is 5.63. The second-order valence-electron chi connectivity index (χ2n) is 8.05. The average Bonchev–Trinajstić information content (AvgIpc) is 3.13. The van der Waals surface area contributed by atoms with E-state index in [2.05, 4.69) is 5.16 Å². The van der Waals surface area contributed by atoms with Crippen molar-refractivity contribution in [2.75, 3.05) is 13.1 Å². The van der Waals surface area contributed by atoms with Crippen LogP contribution in [0, 0.1) is 0 Å². The first-order valence-electron chi connectivity index (χ1n) is 10.3. The number of aliphatic hydroxyl groups excluding tert-OH is 1. The first-order valence-corrected chi connectivity index (χ1v) is 10.6. The molecule has 1 amide bonds. The molecule has 2 atom stereocenters. The normalized spacial score (nSPS) is 19.5. The van der Waals surface area contributed by atoms with Gasteiger partial charge in [-0.3, -0.25) is 4.79 Å². The van der Waals surface area contributed by atoms with Gasteiger partial charge in [-0.05, 0) is 63.2 Å². The number of aromatic nitrogens is 1. The number of carbonyl (C=O) groups excluding carboxylic acids is 1. The third-order valence-corrected chi connectivity index (χ3v) is 5.86. The zero-order valence-electron chi connectivity index (χ0n) is 17.9. The maximum absolute atomic E-state index is 12.9. The van der Waals surface area contributed by atoms with Crippen LogP contribution in [0.3, 0.4) is 0 Å². The molecular formula is C23H25ClN2O5. The van der Waals surface area contributed by atoms with Crippen LogP contribution in [0.5, 0.6) is 11.6 Å². The van der Waals surface area contributed by atoms with E-state index in [9.17, 15) is 9.90 Å². The molecule has 0 radical (unpaired) electrons. The summed E-state index contributed by atoms with van der Waals surface area (Å²) in [6, 6.07) is 10.3. The van der Waals surface area contributed by atoms with E-state index in [1.54, 1.807) is 55.1 Å². The molecule has 2 aromatic carbocycles. The minimum absolute atomic E-state index is 0.0904. The van der Waals surface area contributed by atoms with E-state index in [1.165, 1.54) is 0 Å². The SMILES string of the molecule is CCN(CC)C(=O)c1ccc2c(c1)[C@@H](Oc1noc3cc(Cl)ccc13)[C@H](O)C(C)(C)O2. The summed E-state index contributed by atoms with van der Waals surface area (Å²) in [6.07, 6.45) is -1.83. The molecule has 31 heavy (non-hydrogen) atoms. The zero-order chi connectivity index (χ0) is 22.3. The Morgan fingerprint density at radius 2 is 1.97 bits per heavy atom. The van der Waals surface area contributed by atoms with Crippen LogP contribution >= 0.6 is 11.6 Å². The number of aliphatic hydroxyl groups is 1. The highest BCUT2D eigenvalue weighted by atomic mass is 35.5. The van der Waals surface area contributed by atoms with E-state index in [0.717, 1.165) is 0 Å². The summed E-state index contributed by atoms with van der Waals surface area (Å²) in [5.74, 6) is 0.694. The molecule has 2 heterocycles. The number of halogens is 1. The standard InChI is InChI=1S/C23H25ClN2O5/c1-5-26(6-2)22(28)13-7-10-17-16(11-13)19(20(27)23(3,4)30-17)29-21-15-9-8-14(24)12-18(15)31-25-21/h7-12,19-20,27H,5-6H2,1-4H3/t19-,20+/m1/s1. The van der Waals surface area contributed by atoms with Gasteiger partial charge in [0.25, 0.3) is 11.8 Å². The maximum atomic E-state index is 12.9. The summed E-state index contributed by atoms with van der Waals surface area (Å²) < 4.78 is 17.5. The van der Waals surface area contributed by atoms with Crippen LogP contribution in [-0.4, -0.2) is 45.9 Å². The molecule has 8 heteroatoms. The molecule has 0 saturated carbocycles. The Hall–Kier alpha value is -2.77. The van der Waals surface area contributed by atoms with Gasteiger partial charge in [-0.1, -0.05) is 11.6 Å². The van der Waals surface area contributed by atoms with Gasteiger partial charge in [-0.25, -0.2) is 0 Å². The van der Waals surface area contributed by atoms with E-state index in [1.807, 2.05) is 13.8 Å². The number of hydrogen-bond acceptors (Lipinski definition) is 6. The molecule has 7 nitrogen and oxygen atoms in total. The molecule has 1 N–H and O–H groups in total. The number of rotatable bonds is 5. The fraction of sp³-hybridized carbons (Fsp3) is 0.391. The lowest BCUT2D eigenvalue weighted by molar-refractivity contribution is -0.104. The Kier molecular flexibility index (Phi) is 5.58. The molecule has 1 aliphatic rings. The van der Waals surface area contributed by atoms with Gasteiger partial charge in [0, 0.05) is 35.3 Å². The van der Waals surface area contributed by atoms with Crippen LogP contribution in [0.1, 0.15) is 49.7 Å². The van der Waals surface area contributed by atoms with Crippen molar-refractivity contribution in [2.45, 2.75) is 45.5 Å². The smallest absolute Gasteiger partial charge is 0.262 e. The summed E-state index contributed by atoms with van der Waals surface area (Å²) in [5.41, 5.74) is 0.651. The van der Waals surface area contributed by atoms with E-state index < -0.39 is 17.8 Å². The van der Waals surface area contributed by atoms with Crippen molar-refractivity contribution in [3.05, 3.63) is 52.5 Å². The summed E-state index contributed by atoms with van der Waals surface area (Å²) in [7, 11) is 0. The van der Waals surface area contributed by atoms with E-state index in [4.69, 9.17) is 25.6 Å². The highest BCUT2D eigenvalue weighted by Gasteiger charge is 2.45. The Morgan fingerprint density at radius 3 is 2.68 bits per heavy atom. The topological polar surface area (TPSA) is 85.0 Å². The minimum atomic E-state index is -1.02. The van der Waals surface area contributed by atoms with Gasteiger partial charge >= 0.3 is 0 Å². The monoisotopic (exact) mass is 444 g/mol. The van der Waals surface area contributed by atoms with Crippen molar-refractivity contribution in [2.24, 2.45) is 0 Å². The van der Waals surface area contributed by atoms with Gasteiger partial charge in [-0.15, -0.1) is 0 Å². The lowest BCUT2D eigenvalue weighted by atomic mass is 9.87. The molecule has 3 aromatic rings. The maximum Gasteiger partial charge on any atom is 0.262 e. The van der Waals surface area contributed by atoms with Gasteiger partial charge in [0.05, 0.1) is 5.39 Å². The number of benzene rings is 2. The Labute approximate surface area is 185 Å². The number of amides is 1. The molecule has 164 valence electrons. The first kappa shape index (κ1) is 21.5. The Morgan fingerprint density at radius 1 is 1.23 bits per heavy atom. The molecule has 0 bridgehead atoms. The number of nitrogens with zero attached hydrogens (tertiary/aromatic N) is 2. The Bertz CT molecular complexity index is 1120. The molecule has 0 aliphatic carbocycles. The number of ether oxygens (including phenoxy) is 2. The molecule has 1 aliphatic heterocycles. The van der Waals surface area contributed by atoms with Gasteiger partial charge in [0.15, 0.2) is 11.7 Å². The second kappa shape index (κ2) is 8.05. The molecule has 4 rings (SSSR count). The van der Waals surface area contributed by atoms with Crippen LogP contribution in [0.4, 0.5) is 0 Å². The summed E-state index contributed by atoms with van der Waals surface area (Å²) in [6.45, 7) is 8.64. The second-order valence-corrected chi connectivity index (χ2v) is 8.48. The van der Waals surface area contributed by atoms with Crippen LogP contribution in [0.2, 0.25) is 5.02 Å². The molecule has 0 spiro atoms. The van der Waals surface area contributed by atoms with Gasteiger partial charge in [0.1, 0.15) is 17.5 Å². The van der Waals surface area contributed by atoms with E-state index in [0.29, 0.717) is 46.0 Å². The van der Waals surface area contributed by atoms with Gasteiger partial charge in [0.2, 0.25) is 0 Å². The van der Waals surface area contributed by atoms with E-state index in [-0.39, 0.29) is 11.8 Å². The lowest BCUT2D eigenvalue weighted by Crippen LogP contribution is -2.50. The highest BCUT2D eigenvalue weighted by Crippen LogP contribution is 2.43. The quantitative estimate of drug-likeness (QED) is 0.618. The van der Waals surface area contributed by atoms with Crippen molar-refractivity contribution in [3.63, 3.8) is 0 Å². The zero-order valence-corrected chi connectivity index (χ0v) is 18.6. The van der Waals surface area contributed by atoms with Crippen LogP contribution in [0.25, 0.3) is 11.0 Å². The lowest BCUT2D eigenvalue weighted by Gasteiger charge is -2.41. The van der Waals surface area contributed by atoms with Crippen LogP contribution in [-0.2, 0) is 0 Å². The predicted molar refractivity (Wildman–Crippen MR) is 117 cm³/mol. The van der Waals surface area contributed by atoms with Gasteiger partial charge in [-0.2, -0.15) is 0 Å².